The largest absolute Gasteiger partial charge is 0.358 e. The van der Waals surface area contributed by atoms with Crippen molar-refractivity contribution in [3.8, 4) is 6.07 Å². The molecule has 0 atom stereocenters. The summed E-state index contributed by atoms with van der Waals surface area (Å²) in [7, 11) is 0. The van der Waals surface area contributed by atoms with E-state index in [1.54, 1.807) is 6.07 Å². The molecule has 0 aliphatic carbocycles. The number of hydrogen-bond acceptors (Lipinski definition) is 2. The van der Waals surface area contributed by atoms with Crippen LogP contribution in [0.1, 0.15) is 11.1 Å². The van der Waals surface area contributed by atoms with Gasteiger partial charge in [-0.1, -0.05) is 30.3 Å². The molecule has 0 aliphatic rings. The molecule has 0 heterocycles. The summed E-state index contributed by atoms with van der Waals surface area (Å²) in [4.78, 5) is 0. The summed E-state index contributed by atoms with van der Waals surface area (Å²) in [6, 6.07) is 19.3. The Labute approximate surface area is 117 Å². The van der Waals surface area contributed by atoms with E-state index in [9.17, 15) is 0 Å². The Morgan fingerprint density at radius 2 is 1.89 bits per heavy atom. The second-order valence-corrected chi connectivity index (χ2v) is 4.39. The lowest BCUT2D eigenvalue weighted by atomic mass is 10.1. The van der Waals surface area contributed by atoms with E-state index in [-0.39, 0.29) is 0 Å². The predicted molar refractivity (Wildman–Crippen MR) is 80.7 cm³/mol. The number of anilines is 1. The number of para-hydroxylation sites is 1. The minimum Gasteiger partial charge on any atom is -0.358 e. The maximum absolute atomic E-state index is 8.83. The summed E-state index contributed by atoms with van der Waals surface area (Å²) in [6.45, 7) is 0.591. The Hall–Kier alpha value is -2.38. The summed E-state index contributed by atoms with van der Waals surface area (Å²) < 4.78 is 0. The third-order valence-corrected chi connectivity index (χ3v) is 2.79. The molecule has 4 heteroatoms. The van der Waals surface area contributed by atoms with Crippen molar-refractivity contribution < 1.29 is 0 Å². The SMILES string of the molecule is N#Cc1cccc(CNC(=S)Nc2ccccc2)c1. The van der Waals surface area contributed by atoms with Crippen molar-refractivity contribution in [3.05, 3.63) is 65.7 Å². The van der Waals surface area contributed by atoms with Gasteiger partial charge in [-0.3, -0.25) is 0 Å². The molecule has 0 saturated carbocycles. The highest BCUT2D eigenvalue weighted by Crippen LogP contribution is 2.06. The fourth-order valence-electron chi connectivity index (χ4n) is 1.63. The number of benzene rings is 2. The van der Waals surface area contributed by atoms with Gasteiger partial charge in [0.25, 0.3) is 0 Å². The van der Waals surface area contributed by atoms with Gasteiger partial charge in [0, 0.05) is 12.2 Å². The summed E-state index contributed by atoms with van der Waals surface area (Å²) in [6.07, 6.45) is 0. The van der Waals surface area contributed by atoms with Gasteiger partial charge in [-0.05, 0) is 42.0 Å². The average Bonchev–Trinajstić information content (AvgIpc) is 2.46. The van der Waals surface area contributed by atoms with Crippen LogP contribution in [0.5, 0.6) is 0 Å². The quantitative estimate of drug-likeness (QED) is 0.839. The monoisotopic (exact) mass is 267 g/mol. The van der Waals surface area contributed by atoms with Gasteiger partial charge in [-0.15, -0.1) is 0 Å². The molecule has 0 fully saturated rings. The van der Waals surface area contributed by atoms with Crippen molar-refractivity contribution in [2.24, 2.45) is 0 Å². The maximum Gasteiger partial charge on any atom is 0.171 e. The Bertz CT molecular complexity index is 602. The van der Waals surface area contributed by atoms with Gasteiger partial charge in [0.05, 0.1) is 11.6 Å². The first-order valence-corrected chi connectivity index (χ1v) is 6.28. The fourth-order valence-corrected chi connectivity index (χ4v) is 1.82. The fraction of sp³-hybridized carbons (Fsp3) is 0.0667. The van der Waals surface area contributed by atoms with Gasteiger partial charge >= 0.3 is 0 Å². The summed E-state index contributed by atoms with van der Waals surface area (Å²) >= 11 is 5.21. The molecule has 0 aliphatic heterocycles. The molecule has 0 bridgehead atoms. The highest BCUT2D eigenvalue weighted by atomic mass is 32.1. The van der Waals surface area contributed by atoms with Crippen molar-refractivity contribution in [1.82, 2.24) is 5.32 Å². The number of nitrogens with zero attached hydrogens (tertiary/aromatic N) is 1. The molecule has 0 aromatic heterocycles. The van der Waals surface area contributed by atoms with Gasteiger partial charge in [-0.25, -0.2) is 0 Å². The zero-order valence-corrected chi connectivity index (χ0v) is 11.1. The van der Waals surface area contributed by atoms with Gasteiger partial charge in [-0.2, -0.15) is 5.26 Å². The molecule has 2 aromatic rings. The van der Waals surface area contributed by atoms with E-state index in [4.69, 9.17) is 17.5 Å². The van der Waals surface area contributed by atoms with E-state index < -0.39 is 0 Å². The van der Waals surface area contributed by atoms with Gasteiger partial charge in [0.15, 0.2) is 5.11 Å². The third-order valence-electron chi connectivity index (χ3n) is 2.54. The summed E-state index contributed by atoms with van der Waals surface area (Å²) in [5.41, 5.74) is 2.63. The summed E-state index contributed by atoms with van der Waals surface area (Å²) in [5.74, 6) is 0. The summed E-state index contributed by atoms with van der Waals surface area (Å²) in [5, 5.41) is 15.6. The Kier molecular flexibility index (Phi) is 4.49. The molecule has 19 heavy (non-hydrogen) atoms. The zero-order chi connectivity index (χ0) is 13.5. The number of rotatable bonds is 3. The van der Waals surface area contributed by atoms with Crippen molar-refractivity contribution in [3.63, 3.8) is 0 Å². The van der Waals surface area contributed by atoms with Crippen LogP contribution < -0.4 is 10.6 Å². The maximum atomic E-state index is 8.83. The van der Waals surface area contributed by atoms with E-state index in [1.807, 2.05) is 48.5 Å². The van der Waals surface area contributed by atoms with Gasteiger partial charge in [0.1, 0.15) is 0 Å². The van der Waals surface area contributed by atoms with E-state index in [2.05, 4.69) is 16.7 Å². The molecule has 94 valence electrons. The lowest BCUT2D eigenvalue weighted by Crippen LogP contribution is -2.27. The van der Waals surface area contributed by atoms with Crippen LogP contribution >= 0.6 is 12.2 Å². The Balaban J connectivity index is 1.88. The highest BCUT2D eigenvalue weighted by molar-refractivity contribution is 7.80. The van der Waals surface area contributed by atoms with Crippen molar-refractivity contribution in [2.75, 3.05) is 5.32 Å². The lowest BCUT2D eigenvalue weighted by molar-refractivity contribution is 0.925. The number of thiocarbonyl (C=S) groups is 1. The average molecular weight is 267 g/mol. The molecule has 0 amide bonds. The van der Waals surface area contributed by atoms with Crippen LogP contribution in [0.3, 0.4) is 0 Å². The minimum atomic E-state index is 0.563. The van der Waals surface area contributed by atoms with E-state index >= 15 is 0 Å². The zero-order valence-electron chi connectivity index (χ0n) is 10.3. The second-order valence-electron chi connectivity index (χ2n) is 3.99. The molecule has 0 saturated heterocycles. The van der Waals surface area contributed by atoms with E-state index in [0.717, 1.165) is 11.3 Å². The molecule has 0 radical (unpaired) electrons. The van der Waals surface area contributed by atoms with Crippen LogP contribution in [0, 0.1) is 11.3 Å². The topological polar surface area (TPSA) is 47.9 Å². The first-order chi connectivity index (χ1) is 9.28. The molecule has 3 nitrogen and oxygen atoms in total. The van der Waals surface area contributed by atoms with Gasteiger partial charge in [0.2, 0.25) is 0 Å². The van der Waals surface area contributed by atoms with E-state index in [0.29, 0.717) is 17.2 Å². The lowest BCUT2D eigenvalue weighted by Gasteiger charge is -2.10. The molecule has 2 aromatic carbocycles. The van der Waals surface area contributed by atoms with Crippen LogP contribution in [-0.2, 0) is 6.54 Å². The Morgan fingerprint density at radius 1 is 1.11 bits per heavy atom. The number of nitriles is 1. The van der Waals surface area contributed by atoms with Crippen molar-refractivity contribution >= 4 is 23.0 Å². The van der Waals surface area contributed by atoms with Crippen LogP contribution in [0.25, 0.3) is 0 Å². The number of nitrogens with one attached hydrogen (secondary N) is 2. The van der Waals surface area contributed by atoms with Crippen LogP contribution in [0.15, 0.2) is 54.6 Å². The molecular weight excluding hydrogens is 254 g/mol. The van der Waals surface area contributed by atoms with Crippen LogP contribution in [0.2, 0.25) is 0 Å². The number of hydrogen-bond donors (Lipinski definition) is 2. The second kappa shape index (κ2) is 6.53. The molecule has 0 unspecified atom stereocenters. The molecule has 2 N–H and O–H groups in total. The van der Waals surface area contributed by atoms with Crippen molar-refractivity contribution in [2.45, 2.75) is 6.54 Å². The van der Waals surface area contributed by atoms with Gasteiger partial charge < -0.3 is 10.6 Å². The highest BCUT2D eigenvalue weighted by Gasteiger charge is 1.98. The first kappa shape index (κ1) is 13.1. The standard InChI is InChI=1S/C15H13N3S/c16-10-12-5-4-6-13(9-12)11-17-15(19)18-14-7-2-1-3-8-14/h1-9H,11H2,(H2,17,18,19). The van der Waals surface area contributed by atoms with Crippen molar-refractivity contribution in [1.29, 1.82) is 5.26 Å². The minimum absolute atomic E-state index is 0.563. The first-order valence-electron chi connectivity index (χ1n) is 5.87. The van der Waals surface area contributed by atoms with E-state index in [1.165, 1.54) is 0 Å². The molecule has 2 rings (SSSR count). The molecular formula is C15H13N3S. The Morgan fingerprint density at radius 3 is 2.63 bits per heavy atom. The predicted octanol–water partition coefficient (Wildman–Crippen LogP) is 3.04. The normalized spacial score (nSPS) is 9.42. The smallest absolute Gasteiger partial charge is 0.171 e. The molecule has 0 spiro atoms. The van der Waals surface area contributed by atoms with Crippen LogP contribution in [-0.4, -0.2) is 5.11 Å². The van der Waals surface area contributed by atoms with Crippen LogP contribution in [0.4, 0.5) is 5.69 Å². The third kappa shape index (κ3) is 4.09.